The Labute approximate surface area is 129 Å². The standard InChI is InChI=1S/C17H20N2OS/c20-16(9-8-14-5-2-1-3-6-14)19-11-4-7-15(13-19)17-18-10-12-21-17/h1-3,5-6,10,12,15H,4,7-9,11,13H2/t15-/m1/s1. The summed E-state index contributed by atoms with van der Waals surface area (Å²) in [5, 5.41) is 3.20. The number of hydrogen-bond donors (Lipinski definition) is 0. The van der Waals surface area contributed by atoms with Crippen molar-refractivity contribution in [1.82, 2.24) is 9.88 Å². The van der Waals surface area contributed by atoms with E-state index in [-0.39, 0.29) is 5.91 Å². The molecule has 2 heterocycles. The molecule has 1 aliphatic rings. The van der Waals surface area contributed by atoms with Gasteiger partial charge >= 0.3 is 0 Å². The minimum Gasteiger partial charge on any atom is -0.342 e. The van der Waals surface area contributed by atoms with Gasteiger partial charge in [-0.05, 0) is 24.8 Å². The number of carbonyl (C=O) groups is 1. The quantitative estimate of drug-likeness (QED) is 0.866. The average molecular weight is 300 g/mol. The molecule has 21 heavy (non-hydrogen) atoms. The maximum absolute atomic E-state index is 12.4. The van der Waals surface area contributed by atoms with Crippen LogP contribution in [-0.4, -0.2) is 28.9 Å². The molecule has 0 unspecified atom stereocenters. The molecular formula is C17H20N2OS. The zero-order chi connectivity index (χ0) is 14.5. The molecule has 1 aliphatic heterocycles. The number of carbonyl (C=O) groups excluding carboxylic acids is 1. The molecule has 1 fully saturated rings. The van der Waals surface area contributed by atoms with Crippen LogP contribution in [0.4, 0.5) is 0 Å². The second-order valence-corrected chi connectivity index (χ2v) is 6.46. The number of aromatic nitrogens is 1. The second kappa shape index (κ2) is 6.85. The minimum absolute atomic E-state index is 0.278. The zero-order valence-electron chi connectivity index (χ0n) is 12.1. The average Bonchev–Trinajstić information content (AvgIpc) is 3.08. The Balaban J connectivity index is 1.55. The van der Waals surface area contributed by atoms with E-state index in [0.29, 0.717) is 12.3 Å². The molecule has 0 radical (unpaired) electrons. The van der Waals surface area contributed by atoms with Crippen LogP contribution in [0.2, 0.25) is 0 Å². The first-order valence-electron chi connectivity index (χ1n) is 7.54. The van der Waals surface area contributed by atoms with E-state index < -0.39 is 0 Å². The lowest BCUT2D eigenvalue weighted by molar-refractivity contribution is -0.132. The predicted molar refractivity (Wildman–Crippen MR) is 85.4 cm³/mol. The van der Waals surface area contributed by atoms with Crippen molar-refractivity contribution in [1.29, 1.82) is 0 Å². The number of nitrogens with zero attached hydrogens (tertiary/aromatic N) is 2. The van der Waals surface area contributed by atoms with E-state index in [9.17, 15) is 4.79 Å². The van der Waals surface area contributed by atoms with Crippen LogP contribution in [0.1, 0.15) is 35.8 Å². The van der Waals surface area contributed by atoms with Gasteiger partial charge in [0.1, 0.15) is 0 Å². The topological polar surface area (TPSA) is 33.2 Å². The van der Waals surface area contributed by atoms with Gasteiger partial charge in [-0.1, -0.05) is 30.3 Å². The molecule has 0 N–H and O–H groups in total. The highest BCUT2D eigenvalue weighted by Crippen LogP contribution is 2.28. The highest BCUT2D eigenvalue weighted by Gasteiger charge is 2.25. The molecule has 0 spiro atoms. The fraction of sp³-hybridized carbons (Fsp3) is 0.412. The van der Waals surface area contributed by atoms with Crippen LogP contribution in [0.15, 0.2) is 41.9 Å². The lowest BCUT2D eigenvalue weighted by atomic mass is 9.98. The molecule has 1 atom stereocenters. The first-order valence-corrected chi connectivity index (χ1v) is 8.42. The van der Waals surface area contributed by atoms with Crippen molar-refractivity contribution >= 4 is 17.2 Å². The monoisotopic (exact) mass is 300 g/mol. The number of likely N-dealkylation sites (tertiary alicyclic amines) is 1. The Bertz CT molecular complexity index is 568. The van der Waals surface area contributed by atoms with E-state index in [1.165, 1.54) is 10.6 Å². The zero-order valence-corrected chi connectivity index (χ0v) is 12.9. The van der Waals surface area contributed by atoms with Gasteiger partial charge < -0.3 is 4.90 Å². The summed E-state index contributed by atoms with van der Waals surface area (Å²) >= 11 is 1.70. The second-order valence-electron chi connectivity index (χ2n) is 5.53. The lowest BCUT2D eigenvalue weighted by Gasteiger charge is -2.32. The third-order valence-corrected chi connectivity index (χ3v) is 4.98. The smallest absolute Gasteiger partial charge is 0.222 e. The Morgan fingerprint density at radius 3 is 2.95 bits per heavy atom. The van der Waals surface area contributed by atoms with Gasteiger partial charge in [-0.25, -0.2) is 4.98 Å². The molecule has 3 nitrogen and oxygen atoms in total. The largest absolute Gasteiger partial charge is 0.342 e. The maximum Gasteiger partial charge on any atom is 0.222 e. The highest BCUT2D eigenvalue weighted by atomic mass is 32.1. The number of rotatable bonds is 4. The molecule has 2 aromatic rings. The van der Waals surface area contributed by atoms with Gasteiger partial charge in [-0.2, -0.15) is 0 Å². The number of amides is 1. The molecule has 1 aromatic carbocycles. The minimum atomic E-state index is 0.278. The number of piperidine rings is 1. The Kier molecular flexibility index (Phi) is 4.65. The summed E-state index contributed by atoms with van der Waals surface area (Å²) in [5.74, 6) is 0.708. The van der Waals surface area contributed by atoms with Gasteiger partial charge in [0.2, 0.25) is 5.91 Å². The van der Waals surface area contributed by atoms with E-state index in [2.05, 4.69) is 17.1 Å². The van der Waals surface area contributed by atoms with E-state index in [1.807, 2.05) is 34.7 Å². The number of hydrogen-bond acceptors (Lipinski definition) is 3. The summed E-state index contributed by atoms with van der Waals surface area (Å²) in [6.45, 7) is 1.73. The van der Waals surface area contributed by atoms with Crippen LogP contribution in [0.5, 0.6) is 0 Å². The molecule has 1 saturated heterocycles. The first-order chi connectivity index (χ1) is 10.3. The van der Waals surface area contributed by atoms with Crippen molar-refractivity contribution in [2.24, 2.45) is 0 Å². The van der Waals surface area contributed by atoms with E-state index >= 15 is 0 Å². The summed E-state index contributed by atoms with van der Waals surface area (Å²) in [4.78, 5) is 18.8. The summed E-state index contributed by atoms with van der Waals surface area (Å²) in [6, 6.07) is 10.2. The molecule has 110 valence electrons. The maximum atomic E-state index is 12.4. The van der Waals surface area contributed by atoms with Crippen molar-refractivity contribution < 1.29 is 4.79 Å². The molecule has 0 saturated carbocycles. The Morgan fingerprint density at radius 1 is 1.33 bits per heavy atom. The summed E-state index contributed by atoms with van der Waals surface area (Å²) in [6.07, 6.45) is 5.53. The highest BCUT2D eigenvalue weighted by molar-refractivity contribution is 7.09. The Morgan fingerprint density at radius 2 is 2.19 bits per heavy atom. The fourth-order valence-electron chi connectivity index (χ4n) is 2.90. The van der Waals surface area contributed by atoms with Crippen LogP contribution in [-0.2, 0) is 11.2 Å². The normalized spacial score (nSPS) is 18.7. The van der Waals surface area contributed by atoms with Gasteiger partial charge in [0, 0.05) is 37.0 Å². The molecule has 1 amide bonds. The number of benzene rings is 1. The molecule has 0 aliphatic carbocycles. The van der Waals surface area contributed by atoms with Crippen molar-refractivity contribution in [3.05, 3.63) is 52.5 Å². The SMILES string of the molecule is O=C(CCc1ccccc1)N1CCC[C@@H](c2nccs2)C1. The first kappa shape index (κ1) is 14.3. The van der Waals surface area contributed by atoms with Crippen LogP contribution >= 0.6 is 11.3 Å². The van der Waals surface area contributed by atoms with E-state index in [4.69, 9.17) is 0 Å². The number of aryl methyl sites for hydroxylation is 1. The van der Waals surface area contributed by atoms with E-state index in [0.717, 1.165) is 32.4 Å². The van der Waals surface area contributed by atoms with Crippen molar-refractivity contribution in [2.75, 3.05) is 13.1 Å². The van der Waals surface area contributed by atoms with Gasteiger partial charge in [-0.15, -0.1) is 11.3 Å². The molecular weight excluding hydrogens is 280 g/mol. The van der Waals surface area contributed by atoms with Crippen LogP contribution in [0.25, 0.3) is 0 Å². The summed E-state index contributed by atoms with van der Waals surface area (Å²) < 4.78 is 0. The summed E-state index contributed by atoms with van der Waals surface area (Å²) in [7, 11) is 0. The fourth-order valence-corrected chi connectivity index (χ4v) is 3.66. The molecule has 0 bridgehead atoms. The van der Waals surface area contributed by atoms with Gasteiger partial charge in [0.15, 0.2) is 0 Å². The molecule has 3 rings (SSSR count). The summed E-state index contributed by atoms with van der Waals surface area (Å²) in [5.41, 5.74) is 1.24. The van der Waals surface area contributed by atoms with Gasteiger partial charge in [0.05, 0.1) is 5.01 Å². The van der Waals surface area contributed by atoms with Crippen molar-refractivity contribution in [3.8, 4) is 0 Å². The molecule has 4 heteroatoms. The van der Waals surface area contributed by atoms with Crippen molar-refractivity contribution in [2.45, 2.75) is 31.6 Å². The van der Waals surface area contributed by atoms with E-state index in [1.54, 1.807) is 11.3 Å². The number of thiazole rings is 1. The van der Waals surface area contributed by atoms with Crippen LogP contribution in [0, 0.1) is 0 Å². The van der Waals surface area contributed by atoms with Crippen LogP contribution in [0.3, 0.4) is 0 Å². The van der Waals surface area contributed by atoms with Crippen LogP contribution < -0.4 is 0 Å². The van der Waals surface area contributed by atoms with Crippen molar-refractivity contribution in [3.63, 3.8) is 0 Å². The third-order valence-electron chi connectivity index (χ3n) is 4.05. The predicted octanol–water partition coefficient (Wildman–Crippen LogP) is 3.48. The lowest BCUT2D eigenvalue weighted by Crippen LogP contribution is -2.39. The Hall–Kier alpha value is -1.68. The molecule has 1 aromatic heterocycles. The van der Waals surface area contributed by atoms with Gasteiger partial charge in [-0.3, -0.25) is 4.79 Å². The van der Waals surface area contributed by atoms with Gasteiger partial charge in [0.25, 0.3) is 0 Å². The third kappa shape index (κ3) is 3.70.